The van der Waals surface area contributed by atoms with E-state index in [9.17, 15) is 4.79 Å². The zero-order chi connectivity index (χ0) is 14.2. The fourth-order valence-corrected chi connectivity index (χ4v) is 1.89. The standard InChI is InChI=1S/C17H30O2/c1-3-5-6-7-8-9-10-11-12-13-14-15-16-19-17(18)4-2/h4,12-13H,2-3,5-11,14-16H2,1H3/b13-12+. The molecule has 0 unspecified atom stereocenters. The number of hydrogen-bond donors (Lipinski definition) is 0. The van der Waals surface area contributed by atoms with Crippen LogP contribution in [-0.2, 0) is 9.53 Å². The number of allylic oxidation sites excluding steroid dienone is 2. The van der Waals surface area contributed by atoms with E-state index < -0.39 is 0 Å². The van der Waals surface area contributed by atoms with Gasteiger partial charge in [0.05, 0.1) is 6.61 Å². The van der Waals surface area contributed by atoms with Crippen LogP contribution in [0.2, 0.25) is 0 Å². The van der Waals surface area contributed by atoms with Crippen LogP contribution in [0.4, 0.5) is 0 Å². The molecule has 110 valence electrons. The second-order valence-corrected chi connectivity index (χ2v) is 4.90. The van der Waals surface area contributed by atoms with E-state index >= 15 is 0 Å². The summed E-state index contributed by atoms with van der Waals surface area (Å²) in [6, 6.07) is 0. The third kappa shape index (κ3) is 14.9. The van der Waals surface area contributed by atoms with Gasteiger partial charge in [-0.25, -0.2) is 4.79 Å². The van der Waals surface area contributed by atoms with Crippen LogP contribution in [0.1, 0.15) is 71.1 Å². The Kier molecular flexibility index (Phi) is 14.2. The first kappa shape index (κ1) is 17.9. The first-order valence-electron chi connectivity index (χ1n) is 7.75. The average Bonchev–Trinajstić information content (AvgIpc) is 2.43. The van der Waals surface area contributed by atoms with Crippen molar-refractivity contribution < 1.29 is 9.53 Å². The predicted octanol–water partition coefficient (Wildman–Crippen LogP) is 5.19. The highest BCUT2D eigenvalue weighted by molar-refractivity contribution is 5.81. The zero-order valence-corrected chi connectivity index (χ0v) is 12.5. The van der Waals surface area contributed by atoms with Gasteiger partial charge < -0.3 is 4.74 Å². The molecule has 0 spiro atoms. The normalized spacial score (nSPS) is 10.8. The van der Waals surface area contributed by atoms with E-state index in [1.165, 1.54) is 57.4 Å². The first-order chi connectivity index (χ1) is 9.31. The molecule has 0 heterocycles. The van der Waals surface area contributed by atoms with Crippen molar-refractivity contribution in [2.75, 3.05) is 6.61 Å². The van der Waals surface area contributed by atoms with Crippen molar-refractivity contribution in [1.29, 1.82) is 0 Å². The van der Waals surface area contributed by atoms with Crippen LogP contribution in [0.3, 0.4) is 0 Å². The van der Waals surface area contributed by atoms with Crippen molar-refractivity contribution in [2.45, 2.75) is 71.1 Å². The first-order valence-corrected chi connectivity index (χ1v) is 7.75. The van der Waals surface area contributed by atoms with Crippen molar-refractivity contribution in [2.24, 2.45) is 0 Å². The molecule has 0 amide bonds. The number of esters is 1. The van der Waals surface area contributed by atoms with Crippen LogP contribution in [0, 0.1) is 0 Å². The molecule has 0 saturated heterocycles. The largest absolute Gasteiger partial charge is 0.463 e. The topological polar surface area (TPSA) is 26.3 Å². The van der Waals surface area contributed by atoms with E-state index in [1.807, 2.05) is 0 Å². The maximum Gasteiger partial charge on any atom is 0.330 e. The van der Waals surface area contributed by atoms with Gasteiger partial charge >= 0.3 is 5.97 Å². The van der Waals surface area contributed by atoms with Gasteiger partial charge in [-0.15, -0.1) is 0 Å². The van der Waals surface area contributed by atoms with Gasteiger partial charge in [-0.05, 0) is 25.7 Å². The molecule has 0 radical (unpaired) electrons. The summed E-state index contributed by atoms with van der Waals surface area (Å²) in [5, 5.41) is 0. The summed E-state index contributed by atoms with van der Waals surface area (Å²) in [5.41, 5.74) is 0. The Bertz CT molecular complexity index is 244. The van der Waals surface area contributed by atoms with E-state index in [0.29, 0.717) is 6.61 Å². The quantitative estimate of drug-likeness (QED) is 0.198. The van der Waals surface area contributed by atoms with Crippen LogP contribution >= 0.6 is 0 Å². The SMILES string of the molecule is C=CC(=O)OCCC/C=C/CCCCCCCCC. The van der Waals surface area contributed by atoms with E-state index in [1.54, 1.807) is 0 Å². The Balaban J connectivity index is 3.13. The van der Waals surface area contributed by atoms with Crippen molar-refractivity contribution in [3.63, 3.8) is 0 Å². The van der Waals surface area contributed by atoms with Gasteiger partial charge in [0.25, 0.3) is 0 Å². The van der Waals surface area contributed by atoms with Crippen LogP contribution < -0.4 is 0 Å². The van der Waals surface area contributed by atoms with Crippen LogP contribution in [0.15, 0.2) is 24.8 Å². The molecule has 19 heavy (non-hydrogen) atoms. The van der Waals surface area contributed by atoms with Gasteiger partial charge in [0, 0.05) is 6.08 Å². The van der Waals surface area contributed by atoms with Gasteiger partial charge in [-0.1, -0.05) is 64.2 Å². The fraction of sp³-hybridized carbons (Fsp3) is 0.706. The summed E-state index contributed by atoms with van der Waals surface area (Å²) in [4.78, 5) is 10.8. The monoisotopic (exact) mass is 266 g/mol. The molecule has 0 aromatic carbocycles. The summed E-state index contributed by atoms with van der Waals surface area (Å²) < 4.78 is 4.89. The second kappa shape index (κ2) is 15.0. The van der Waals surface area contributed by atoms with E-state index in [0.717, 1.165) is 12.8 Å². The third-order valence-electron chi connectivity index (χ3n) is 3.07. The molecule has 0 aromatic rings. The number of carbonyl (C=O) groups excluding carboxylic acids is 1. The maximum atomic E-state index is 10.8. The lowest BCUT2D eigenvalue weighted by Crippen LogP contribution is -2.00. The Labute approximate surface area is 118 Å². The lowest BCUT2D eigenvalue weighted by molar-refractivity contribution is -0.137. The Morgan fingerprint density at radius 1 is 0.947 bits per heavy atom. The number of hydrogen-bond acceptors (Lipinski definition) is 2. The molecule has 0 rings (SSSR count). The van der Waals surface area contributed by atoms with Gasteiger partial charge in [0.1, 0.15) is 0 Å². The highest BCUT2D eigenvalue weighted by atomic mass is 16.5. The minimum absolute atomic E-state index is 0.327. The molecular weight excluding hydrogens is 236 g/mol. The molecule has 2 heteroatoms. The van der Waals surface area contributed by atoms with Crippen LogP contribution in [0.25, 0.3) is 0 Å². The number of carbonyl (C=O) groups is 1. The smallest absolute Gasteiger partial charge is 0.330 e. The lowest BCUT2D eigenvalue weighted by Gasteiger charge is -1.99. The average molecular weight is 266 g/mol. The minimum atomic E-state index is -0.327. The van der Waals surface area contributed by atoms with Crippen LogP contribution in [0.5, 0.6) is 0 Å². The van der Waals surface area contributed by atoms with Crippen molar-refractivity contribution >= 4 is 5.97 Å². The molecule has 0 aromatic heterocycles. The summed E-state index contributed by atoms with van der Waals surface area (Å²) in [5.74, 6) is -0.327. The molecule has 0 bridgehead atoms. The molecule has 0 aliphatic rings. The lowest BCUT2D eigenvalue weighted by atomic mass is 10.1. The maximum absolute atomic E-state index is 10.8. The molecule has 2 nitrogen and oxygen atoms in total. The fourth-order valence-electron chi connectivity index (χ4n) is 1.89. The van der Waals surface area contributed by atoms with Crippen molar-refractivity contribution in [3.05, 3.63) is 24.8 Å². The summed E-state index contributed by atoms with van der Waals surface area (Å²) in [6.45, 7) is 6.10. The number of rotatable bonds is 13. The minimum Gasteiger partial charge on any atom is -0.463 e. The molecular formula is C17H30O2. The van der Waals surface area contributed by atoms with Gasteiger partial charge in [0.2, 0.25) is 0 Å². The molecule has 0 aliphatic carbocycles. The Hall–Kier alpha value is -1.05. The number of ether oxygens (including phenoxy) is 1. The third-order valence-corrected chi connectivity index (χ3v) is 3.07. The zero-order valence-electron chi connectivity index (χ0n) is 12.5. The van der Waals surface area contributed by atoms with Gasteiger partial charge in [-0.3, -0.25) is 0 Å². The van der Waals surface area contributed by atoms with Crippen molar-refractivity contribution in [3.8, 4) is 0 Å². The van der Waals surface area contributed by atoms with Crippen molar-refractivity contribution in [1.82, 2.24) is 0 Å². The van der Waals surface area contributed by atoms with Gasteiger partial charge in [0.15, 0.2) is 0 Å². The second-order valence-electron chi connectivity index (χ2n) is 4.90. The predicted molar refractivity (Wildman–Crippen MR) is 82.1 cm³/mol. The molecule has 0 atom stereocenters. The molecule has 0 saturated carbocycles. The van der Waals surface area contributed by atoms with Gasteiger partial charge in [-0.2, -0.15) is 0 Å². The van der Waals surface area contributed by atoms with E-state index in [-0.39, 0.29) is 5.97 Å². The summed E-state index contributed by atoms with van der Waals surface area (Å²) in [7, 11) is 0. The number of unbranched alkanes of at least 4 members (excludes halogenated alkanes) is 8. The Morgan fingerprint density at radius 2 is 1.53 bits per heavy atom. The molecule has 0 aliphatic heterocycles. The summed E-state index contributed by atoms with van der Waals surface area (Å²) in [6.07, 6.45) is 18.2. The molecule has 0 N–H and O–H groups in total. The molecule has 0 fully saturated rings. The highest BCUT2D eigenvalue weighted by Gasteiger charge is 1.93. The Morgan fingerprint density at radius 3 is 2.16 bits per heavy atom. The highest BCUT2D eigenvalue weighted by Crippen LogP contribution is 2.08. The van der Waals surface area contributed by atoms with E-state index in [4.69, 9.17) is 4.74 Å². The van der Waals surface area contributed by atoms with Crippen LogP contribution in [-0.4, -0.2) is 12.6 Å². The summed E-state index contributed by atoms with van der Waals surface area (Å²) >= 11 is 0. The van der Waals surface area contributed by atoms with E-state index in [2.05, 4.69) is 25.7 Å².